The maximum Gasteiger partial charge on any atom is 0.315 e. The van der Waals surface area contributed by atoms with Gasteiger partial charge in [-0.1, -0.05) is 25.3 Å². The molecule has 100 valence electrons. The number of nitrogens with zero attached hydrogens (tertiary/aromatic N) is 1. The number of benzene rings is 1. The molecule has 0 aliphatic carbocycles. The average Bonchev–Trinajstić information content (AvgIpc) is 2.42. The van der Waals surface area contributed by atoms with Crippen LogP contribution in [-0.2, 0) is 0 Å². The standard InChI is InChI=1S/C13H13NO5/c1-3-5-18-12-8-10(9-15)7-11(14(16)17)13(12)19-6-4-2/h3-4,7-9H,1-2,5-6H2. The van der Waals surface area contributed by atoms with Gasteiger partial charge in [0.1, 0.15) is 19.5 Å². The van der Waals surface area contributed by atoms with Crippen LogP contribution in [0.15, 0.2) is 37.4 Å². The van der Waals surface area contributed by atoms with Gasteiger partial charge in [-0.2, -0.15) is 0 Å². The summed E-state index contributed by atoms with van der Waals surface area (Å²) in [6.07, 6.45) is 3.44. The highest BCUT2D eigenvalue weighted by molar-refractivity contribution is 5.79. The van der Waals surface area contributed by atoms with E-state index in [-0.39, 0.29) is 36.0 Å². The van der Waals surface area contributed by atoms with E-state index in [1.165, 1.54) is 18.2 Å². The minimum atomic E-state index is -0.633. The topological polar surface area (TPSA) is 78.7 Å². The van der Waals surface area contributed by atoms with E-state index in [0.29, 0.717) is 6.29 Å². The number of ether oxygens (including phenoxy) is 2. The van der Waals surface area contributed by atoms with Gasteiger partial charge in [-0.05, 0) is 6.07 Å². The number of hydrogen-bond donors (Lipinski definition) is 0. The molecule has 1 rings (SSSR count). The minimum Gasteiger partial charge on any atom is -0.485 e. The Labute approximate surface area is 110 Å². The largest absolute Gasteiger partial charge is 0.485 e. The van der Waals surface area contributed by atoms with Gasteiger partial charge in [-0.15, -0.1) is 0 Å². The summed E-state index contributed by atoms with van der Waals surface area (Å²) >= 11 is 0. The van der Waals surface area contributed by atoms with E-state index in [1.54, 1.807) is 0 Å². The number of carbonyl (C=O) groups excluding carboxylic acids is 1. The maximum atomic E-state index is 11.0. The summed E-state index contributed by atoms with van der Waals surface area (Å²) in [6, 6.07) is 2.51. The average molecular weight is 263 g/mol. The Bertz CT molecular complexity index is 510. The zero-order chi connectivity index (χ0) is 14.3. The first-order valence-electron chi connectivity index (χ1n) is 5.39. The number of aldehydes is 1. The molecule has 6 nitrogen and oxygen atoms in total. The van der Waals surface area contributed by atoms with E-state index in [4.69, 9.17) is 9.47 Å². The Morgan fingerprint density at radius 2 is 1.84 bits per heavy atom. The van der Waals surface area contributed by atoms with Crippen LogP contribution in [0.4, 0.5) is 5.69 Å². The molecule has 6 heteroatoms. The summed E-state index contributed by atoms with van der Waals surface area (Å²) in [5.41, 5.74) is -0.192. The van der Waals surface area contributed by atoms with Crippen molar-refractivity contribution < 1.29 is 19.2 Å². The first kappa shape index (κ1) is 14.4. The summed E-state index contributed by atoms with van der Waals surface area (Å²) in [7, 11) is 0. The summed E-state index contributed by atoms with van der Waals surface area (Å²) in [6.45, 7) is 7.18. The van der Waals surface area contributed by atoms with E-state index in [1.807, 2.05) is 0 Å². The first-order valence-corrected chi connectivity index (χ1v) is 5.39. The van der Waals surface area contributed by atoms with Crippen LogP contribution in [0.5, 0.6) is 11.5 Å². The second-order valence-corrected chi connectivity index (χ2v) is 3.44. The van der Waals surface area contributed by atoms with Crippen LogP contribution in [0.1, 0.15) is 10.4 Å². The van der Waals surface area contributed by atoms with Crippen LogP contribution in [0.2, 0.25) is 0 Å². The molecular formula is C13H13NO5. The van der Waals surface area contributed by atoms with Crippen molar-refractivity contribution in [3.05, 3.63) is 53.1 Å². The zero-order valence-corrected chi connectivity index (χ0v) is 10.2. The molecule has 0 aliphatic heterocycles. The minimum absolute atomic E-state index is 0.0302. The molecule has 0 radical (unpaired) electrons. The van der Waals surface area contributed by atoms with E-state index in [9.17, 15) is 14.9 Å². The first-order chi connectivity index (χ1) is 9.13. The molecule has 0 atom stereocenters. The van der Waals surface area contributed by atoms with Gasteiger partial charge in [0, 0.05) is 11.6 Å². The fourth-order valence-corrected chi connectivity index (χ4v) is 1.36. The monoisotopic (exact) mass is 263 g/mol. The van der Waals surface area contributed by atoms with Crippen molar-refractivity contribution in [1.29, 1.82) is 0 Å². The molecule has 0 saturated carbocycles. The highest BCUT2D eigenvalue weighted by Gasteiger charge is 2.22. The molecule has 0 aliphatic rings. The van der Waals surface area contributed by atoms with Crippen LogP contribution < -0.4 is 9.47 Å². The predicted molar refractivity (Wildman–Crippen MR) is 69.9 cm³/mol. The second-order valence-electron chi connectivity index (χ2n) is 3.44. The number of nitro groups is 1. The summed E-state index contributed by atoms with van der Waals surface area (Å²) in [5, 5.41) is 11.0. The van der Waals surface area contributed by atoms with Gasteiger partial charge in [0.2, 0.25) is 5.75 Å². The smallest absolute Gasteiger partial charge is 0.315 e. The lowest BCUT2D eigenvalue weighted by Crippen LogP contribution is -2.04. The molecule has 1 aromatic carbocycles. The third-order valence-electron chi connectivity index (χ3n) is 2.09. The Kier molecular flexibility index (Phi) is 5.28. The van der Waals surface area contributed by atoms with Crippen LogP contribution in [-0.4, -0.2) is 24.4 Å². The number of hydrogen-bond acceptors (Lipinski definition) is 5. The molecule has 0 saturated heterocycles. The van der Waals surface area contributed by atoms with E-state index in [2.05, 4.69) is 13.2 Å². The maximum absolute atomic E-state index is 11.0. The van der Waals surface area contributed by atoms with Crippen LogP contribution >= 0.6 is 0 Å². The van der Waals surface area contributed by atoms with Crippen molar-refractivity contribution in [3.8, 4) is 11.5 Å². The van der Waals surface area contributed by atoms with Gasteiger partial charge in [0.15, 0.2) is 5.75 Å². The predicted octanol–water partition coefficient (Wildman–Crippen LogP) is 2.54. The zero-order valence-electron chi connectivity index (χ0n) is 10.2. The number of nitro benzene ring substituents is 1. The Morgan fingerprint density at radius 1 is 1.21 bits per heavy atom. The Balaban J connectivity index is 3.31. The fourth-order valence-electron chi connectivity index (χ4n) is 1.36. The normalized spacial score (nSPS) is 9.47. The molecule has 19 heavy (non-hydrogen) atoms. The molecule has 0 spiro atoms. The van der Waals surface area contributed by atoms with Crippen molar-refractivity contribution in [2.75, 3.05) is 13.2 Å². The van der Waals surface area contributed by atoms with Gasteiger partial charge in [0.05, 0.1) is 4.92 Å². The fraction of sp³-hybridized carbons (Fsp3) is 0.154. The molecule has 1 aromatic rings. The number of rotatable bonds is 8. The van der Waals surface area contributed by atoms with E-state index >= 15 is 0 Å². The Hall–Kier alpha value is -2.63. The van der Waals surface area contributed by atoms with Crippen molar-refractivity contribution in [3.63, 3.8) is 0 Å². The van der Waals surface area contributed by atoms with Crippen molar-refractivity contribution in [2.45, 2.75) is 0 Å². The van der Waals surface area contributed by atoms with Gasteiger partial charge < -0.3 is 9.47 Å². The van der Waals surface area contributed by atoms with Gasteiger partial charge in [-0.25, -0.2) is 0 Å². The highest BCUT2D eigenvalue weighted by atomic mass is 16.6. The molecule has 0 unspecified atom stereocenters. The highest BCUT2D eigenvalue weighted by Crippen LogP contribution is 2.38. The second kappa shape index (κ2) is 6.95. The molecule has 0 aromatic heterocycles. The summed E-state index contributed by atoms with van der Waals surface area (Å²) < 4.78 is 10.5. The van der Waals surface area contributed by atoms with Crippen LogP contribution in [0.25, 0.3) is 0 Å². The van der Waals surface area contributed by atoms with Crippen LogP contribution in [0.3, 0.4) is 0 Å². The van der Waals surface area contributed by atoms with Gasteiger partial charge >= 0.3 is 5.69 Å². The lowest BCUT2D eigenvalue weighted by Gasteiger charge is -2.11. The summed E-state index contributed by atoms with van der Waals surface area (Å²) in [5.74, 6) is 0.0930. The van der Waals surface area contributed by atoms with E-state index in [0.717, 1.165) is 6.07 Å². The molecule has 0 fully saturated rings. The molecule has 0 amide bonds. The third-order valence-corrected chi connectivity index (χ3v) is 2.09. The van der Waals surface area contributed by atoms with E-state index < -0.39 is 4.92 Å². The van der Waals surface area contributed by atoms with Crippen molar-refractivity contribution >= 4 is 12.0 Å². The number of carbonyl (C=O) groups is 1. The van der Waals surface area contributed by atoms with Crippen molar-refractivity contribution in [1.82, 2.24) is 0 Å². The molecule has 0 heterocycles. The summed E-state index contributed by atoms with van der Waals surface area (Å²) in [4.78, 5) is 21.1. The Morgan fingerprint density at radius 3 is 2.37 bits per heavy atom. The molecule has 0 N–H and O–H groups in total. The SMILES string of the molecule is C=CCOc1cc(C=O)cc([N+](=O)[O-])c1OCC=C. The third kappa shape index (κ3) is 3.67. The lowest BCUT2D eigenvalue weighted by molar-refractivity contribution is -0.385. The van der Waals surface area contributed by atoms with Crippen molar-refractivity contribution in [2.24, 2.45) is 0 Å². The molecule has 0 bridgehead atoms. The van der Waals surface area contributed by atoms with Gasteiger partial charge in [-0.3, -0.25) is 14.9 Å². The molecular weight excluding hydrogens is 250 g/mol. The lowest BCUT2D eigenvalue weighted by atomic mass is 10.2. The van der Waals surface area contributed by atoms with Crippen LogP contribution in [0, 0.1) is 10.1 Å². The van der Waals surface area contributed by atoms with Gasteiger partial charge in [0.25, 0.3) is 0 Å². The quantitative estimate of drug-likeness (QED) is 0.311.